The van der Waals surface area contributed by atoms with Crippen molar-refractivity contribution in [3.63, 3.8) is 0 Å². The van der Waals surface area contributed by atoms with Crippen molar-refractivity contribution < 1.29 is 4.74 Å². The quantitative estimate of drug-likeness (QED) is 0.658. The predicted octanol–water partition coefficient (Wildman–Crippen LogP) is -0.962. The topological polar surface area (TPSA) is 71.1 Å². The summed E-state index contributed by atoms with van der Waals surface area (Å²) in [6.45, 7) is 0.0699. The van der Waals surface area contributed by atoms with Crippen LogP contribution in [0.2, 0.25) is 0 Å². The van der Waals surface area contributed by atoms with Crippen molar-refractivity contribution in [1.29, 1.82) is 0 Å². The summed E-state index contributed by atoms with van der Waals surface area (Å²) in [6, 6.07) is 0. The maximum atomic E-state index is 11.8. The third-order valence-electron chi connectivity index (χ3n) is 2.46. The average molecular weight is 224 g/mol. The average Bonchev–Trinajstić information content (AvgIpc) is 2.64. The second kappa shape index (κ2) is 3.60. The molecular formula is C9H12N4O3. The molecule has 0 aliphatic heterocycles. The Morgan fingerprint density at radius 2 is 2.06 bits per heavy atom. The van der Waals surface area contributed by atoms with E-state index in [-0.39, 0.29) is 12.3 Å². The van der Waals surface area contributed by atoms with Gasteiger partial charge in [-0.05, 0) is 0 Å². The van der Waals surface area contributed by atoms with Crippen molar-refractivity contribution >= 4 is 11.2 Å². The van der Waals surface area contributed by atoms with E-state index in [2.05, 4.69) is 4.98 Å². The van der Waals surface area contributed by atoms with E-state index in [0.29, 0.717) is 11.2 Å². The molecule has 0 bridgehead atoms. The van der Waals surface area contributed by atoms with Gasteiger partial charge in [0.2, 0.25) is 0 Å². The molecule has 16 heavy (non-hydrogen) atoms. The number of hydrogen-bond acceptors (Lipinski definition) is 4. The Morgan fingerprint density at radius 1 is 1.38 bits per heavy atom. The summed E-state index contributed by atoms with van der Waals surface area (Å²) in [6.07, 6.45) is 1.50. The van der Waals surface area contributed by atoms with Crippen LogP contribution in [0.15, 0.2) is 15.9 Å². The van der Waals surface area contributed by atoms with Crippen molar-refractivity contribution in [2.24, 2.45) is 14.1 Å². The zero-order valence-corrected chi connectivity index (χ0v) is 9.30. The molecule has 7 nitrogen and oxygen atoms in total. The smallest absolute Gasteiger partial charge is 0.334 e. The van der Waals surface area contributed by atoms with Crippen LogP contribution in [-0.4, -0.2) is 25.8 Å². The lowest BCUT2D eigenvalue weighted by atomic mass is 10.5. The summed E-state index contributed by atoms with van der Waals surface area (Å²) in [5.74, 6) is 0. The monoisotopic (exact) mass is 224 g/mol. The van der Waals surface area contributed by atoms with Crippen LogP contribution >= 0.6 is 0 Å². The Hall–Kier alpha value is -1.89. The number of aromatic nitrogens is 4. The first-order valence-corrected chi connectivity index (χ1v) is 4.67. The zero-order chi connectivity index (χ0) is 11.9. The van der Waals surface area contributed by atoms with Crippen molar-refractivity contribution in [2.75, 3.05) is 7.11 Å². The Bertz CT molecular complexity index is 649. The van der Waals surface area contributed by atoms with Gasteiger partial charge in [-0.1, -0.05) is 0 Å². The fourth-order valence-corrected chi connectivity index (χ4v) is 1.62. The van der Waals surface area contributed by atoms with Crippen molar-refractivity contribution in [3.8, 4) is 0 Å². The van der Waals surface area contributed by atoms with E-state index in [0.717, 1.165) is 4.57 Å². The van der Waals surface area contributed by atoms with Gasteiger partial charge in [-0.3, -0.25) is 13.9 Å². The number of imidazole rings is 1. The molecule has 0 N–H and O–H groups in total. The second-order valence-electron chi connectivity index (χ2n) is 3.52. The van der Waals surface area contributed by atoms with Crippen LogP contribution in [0.1, 0.15) is 0 Å². The first kappa shape index (κ1) is 10.6. The van der Waals surface area contributed by atoms with Gasteiger partial charge in [0.05, 0.1) is 6.33 Å². The Kier molecular flexibility index (Phi) is 2.39. The molecule has 0 saturated carbocycles. The number of methoxy groups -OCH3 is 1. The van der Waals surface area contributed by atoms with Crippen LogP contribution in [0, 0.1) is 0 Å². The molecule has 2 aromatic heterocycles. The van der Waals surface area contributed by atoms with Crippen LogP contribution in [-0.2, 0) is 25.6 Å². The molecule has 0 atom stereocenters. The van der Waals surface area contributed by atoms with Crippen LogP contribution in [0.25, 0.3) is 11.2 Å². The van der Waals surface area contributed by atoms with Crippen molar-refractivity contribution in [1.82, 2.24) is 18.7 Å². The van der Waals surface area contributed by atoms with Crippen LogP contribution < -0.4 is 11.2 Å². The molecule has 0 aliphatic rings. The molecule has 2 rings (SSSR count). The molecule has 2 aromatic rings. The fraction of sp³-hybridized carbons (Fsp3) is 0.444. The molecule has 0 aromatic carbocycles. The summed E-state index contributed by atoms with van der Waals surface area (Å²) >= 11 is 0. The minimum Gasteiger partial charge on any atom is -0.364 e. The van der Waals surface area contributed by atoms with Gasteiger partial charge in [0.1, 0.15) is 6.73 Å². The van der Waals surface area contributed by atoms with Crippen molar-refractivity contribution in [2.45, 2.75) is 6.73 Å². The van der Waals surface area contributed by atoms with Gasteiger partial charge in [0.15, 0.2) is 11.2 Å². The second-order valence-corrected chi connectivity index (χ2v) is 3.52. The molecule has 0 aliphatic carbocycles. The minimum absolute atomic E-state index is 0.0699. The Balaban J connectivity index is 3.00. The van der Waals surface area contributed by atoms with E-state index in [4.69, 9.17) is 4.74 Å². The van der Waals surface area contributed by atoms with Crippen LogP contribution in [0.3, 0.4) is 0 Å². The summed E-state index contributed by atoms with van der Waals surface area (Å²) in [5.41, 5.74) is -0.0537. The lowest BCUT2D eigenvalue weighted by Crippen LogP contribution is -2.38. The van der Waals surface area contributed by atoms with Crippen LogP contribution in [0.4, 0.5) is 0 Å². The van der Waals surface area contributed by atoms with Gasteiger partial charge >= 0.3 is 5.69 Å². The summed E-state index contributed by atoms with van der Waals surface area (Å²) in [5, 5.41) is 0. The summed E-state index contributed by atoms with van der Waals surface area (Å²) in [4.78, 5) is 27.7. The van der Waals surface area contributed by atoms with E-state index >= 15 is 0 Å². The summed E-state index contributed by atoms with van der Waals surface area (Å²) in [7, 11) is 4.62. The maximum Gasteiger partial charge on any atom is 0.334 e. The third-order valence-corrected chi connectivity index (χ3v) is 2.46. The van der Waals surface area contributed by atoms with E-state index in [1.807, 2.05) is 0 Å². The lowest BCUT2D eigenvalue weighted by Gasteiger charge is -2.07. The van der Waals surface area contributed by atoms with Gasteiger partial charge in [0.25, 0.3) is 5.56 Å². The highest BCUT2D eigenvalue weighted by Crippen LogP contribution is 2.03. The van der Waals surface area contributed by atoms with Gasteiger partial charge in [0, 0.05) is 21.2 Å². The molecule has 0 saturated heterocycles. The molecule has 7 heteroatoms. The molecule has 2 heterocycles. The molecule has 0 amide bonds. The number of hydrogen-bond donors (Lipinski definition) is 0. The standard InChI is InChI=1S/C9H12N4O3/c1-11-4-10-7-6(11)8(14)12(2)9(15)13(7)5-16-3/h4H,5H2,1-3H3. The van der Waals surface area contributed by atoms with E-state index in [1.165, 1.54) is 25.1 Å². The number of rotatable bonds is 2. The zero-order valence-electron chi connectivity index (χ0n) is 9.30. The molecule has 0 unspecified atom stereocenters. The SMILES string of the molecule is COCn1c(=O)n(C)c(=O)c2c1ncn2C. The maximum absolute atomic E-state index is 11.8. The molecule has 0 spiro atoms. The summed E-state index contributed by atoms with van der Waals surface area (Å²) < 4.78 is 8.87. The predicted molar refractivity (Wildman–Crippen MR) is 57.2 cm³/mol. The molecule has 0 fully saturated rings. The first-order valence-electron chi connectivity index (χ1n) is 4.67. The van der Waals surface area contributed by atoms with Crippen molar-refractivity contribution in [3.05, 3.63) is 27.2 Å². The highest BCUT2D eigenvalue weighted by molar-refractivity contribution is 5.69. The minimum atomic E-state index is -0.432. The Labute approximate surface area is 90.5 Å². The molecular weight excluding hydrogens is 212 g/mol. The van der Waals surface area contributed by atoms with Gasteiger partial charge in [-0.25, -0.2) is 9.78 Å². The first-order chi connectivity index (χ1) is 7.57. The van der Waals surface area contributed by atoms with E-state index in [9.17, 15) is 9.59 Å². The Morgan fingerprint density at radius 3 is 2.69 bits per heavy atom. The third kappa shape index (κ3) is 1.28. The number of ether oxygens (including phenoxy) is 1. The van der Waals surface area contributed by atoms with E-state index < -0.39 is 5.69 Å². The number of fused-ring (bicyclic) bond motifs is 1. The normalized spacial score (nSPS) is 11.2. The molecule has 86 valence electrons. The highest BCUT2D eigenvalue weighted by atomic mass is 16.5. The van der Waals surface area contributed by atoms with Gasteiger partial charge < -0.3 is 9.30 Å². The number of nitrogens with zero attached hydrogens (tertiary/aromatic N) is 4. The largest absolute Gasteiger partial charge is 0.364 e. The highest BCUT2D eigenvalue weighted by Gasteiger charge is 2.14. The fourth-order valence-electron chi connectivity index (χ4n) is 1.62. The van der Waals surface area contributed by atoms with E-state index in [1.54, 1.807) is 11.6 Å². The number of aryl methyl sites for hydroxylation is 1. The van der Waals surface area contributed by atoms with Gasteiger partial charge in [-0.15, -0.1) is 0 Å². The van der Waals surface area contributed by atoms with Crippen LogP contribution in [0.5, 0.6) is 0 Å². The van der Waals surface area contributed by atoms with Gasteiger partial charge in [-0.2, -0.15) is 0 Å². The molecule has 0 radical (unpaired) electrons. The lowest BCUT2D eigenvalue weighted by molar-refractivity contribution is 0.129.